The summed E-state index contributed by atoms with van der Waals surface area (Å²) in [4.78, 5) is 15.3. The van der Waals surface area contributed by atoms with E-state index in [9.17, 15) is 9.90 Å². The molecule has 14 heavy (non-hydrogen) atoms. The van der Waals surface area contributed by atoms with Crippen LogP contribution in [0.2, 0.25) is 0 Å². The summed E-state index contributed by atoms with van der Waals surface area (Å²) < 4.78 is 0. The van der Waals surface area contributed by atoms with Crippen LogP contribution in [-0.2, 0) is 11.2 Å². The second-order valence-electron chi connectivity index (χ2n) is 3.49. The van der Waals surface area contributed by atoms with Crippen molar-refractivity contribution in [1.29, 1.82) is 0 Å². The molecule has 1 heterocycles. The predicted octanol–water partition coefficient (Wildman–Crippen LogP) is 0.573. The summed E-state index contributed by atoms with van der Waals surface area (Å²) in [5.74, 6) is -0.353. The molecule has 5 heteroatoms. The number of aromatic nitrogens is 1. The van der Waals surface area contributed by atoms with Crippen molar-refractivity contribution in [1.82, 2.24) is 10.3 Å². The van der Waals surface area contributed by atoms with Gasteiger partial charge in [0.25, 0.3) is 5.91 Å². The predicted molar refractivity (Wildman–Crippen MR) is 55.1 cm³/mol. The third-order valence-electron chi connectivity index (χ3n) is 1.66. The van der Waals surface area contributed by atoms with Crippen molar-refractivity contribution >= 4 is 17.2 Å². The van der Waals surface area contributed by atoms with Crippen LogP contribution in [0.15, 0.2) is 11.6 Å². The number of nitrogens with one attached hydrogen (secondary N) is 1. The summed E-state index contributed by atoms with van der Waals surface area (Å²) in [7, 11) is 0. The van der Waals surface area contributed by atoms with E-state index in [4.69, 9.17) is 0 Å². The van der Waals surface area contributed by atoms with Crippen LogP contribution in [0.4, 0.5) is 0 Å². The number of nitrogens with zero attached hydrogens (tertiary/aromatic N) is 1. The highest BCUT2D eigenvalue weighted by Crippen LogP contribution is 2.04. The first kappa shape index (κ1) is 11.1. The van der Waals surface area contributed by atoms with Crippen molar-refractivity contribution in [3.63, 3.8) is 0 Å². The molecule has 1 aromatic rings. The van der Waals surface area contributed by atoms with Gasteiger partial charge in [0.2, 0.25) is 0 Å². The Morgan fingerprint density at radius 3 is 2.93 bits per heavy atom. The van der Waals surface area contributed by atoms with Crippen LogP contribution in [0.1, 0.15) is 18.9 Å². The van der Waals surface area contributed by atoms with E-state index >= 15 is 0 Å². The largest absolute Gasteiger partial charge is 0.381 e. The van der Waals surface area contributed by atoms with Crippen molar-refractivity contribution in [2.75, 3.05) is 6.54 Å². The zero-order valence-corrected chi connectivity index (χ0v) is 9.10. The lowest BCUT2D eigenvalue weighted by Gasteiger charge is -2.15. The Kier molecular flexibility index (Phi) is 3.60. The van der Waals surface area contributed by atoms with Crippen molar-refractivity contribution in [3.8, 4) is 0 Å². The molecule has 0 aliphatic rings. The Labute approximate surface area is 87.0 Å². The van der Waals surface area contributed by atoms with Crippen molar-refractivity contribution in [2.24, 2.45) is 0 Å². The highest BCUT2D eigenvalue weighted by Gasteiger charge is 2.22. The first-order chi connectivity index (χ1) is 6.50. The van der Waals surface area contributed by atoms with Crippen LogP contribution in [0.3, 0.4) is 0 Å². The van der Waals surface area contributed by atoms with Crippen LogP contribution in [0.5, 0.6) is 0 Å². The van der Waals surface area contributed by atoms with E-state index in [0.29, 0.717) is 13.0 Å². The SMILES string of the molecule is CC(C)(O)C(=O)NCCc1nccs1. The standard InChI is InChI=1S/C9H14N2O2S/c1-9(2,13)8(12)11-4-3-7-10-5-6-14-7/h5-6,13H,3-4H2,1-2H3,(H,11,12). The van der Waals surface area contributed by atoms with Gasteiger partial charge in [-0.15, -0.1) is 11.3 Å². The Balaban J connectivity index is 2.26. The second kappa shape index (κ2) is 4.52. The van der Waals surface area contributed by atoms with Gasteiger partial charge in [0, 0.05) is 24.5 Å². The fourth-order valence-electron chi connectivity index (χ4n) is 0.876. The quantitative estimate of drug-likeness (QED) is 0.770. The third kappa shape index (κ3) is 3.43. The lowest BCUT2D eigenvalue weighted by Crippen LogP contribution is -2.42. The zero-order chi connectivity index (χ0) is 10.6. The van der Waals surface area contributed by atoms with Gasteiger partial charge < -0.3 is 10.4 Å². The minimum atomic E-state index is -1.30. The molecule has 4 nitrogen and oxygen atoms in total. The molecule has 78 valence electrons. The Bertz CT molecular complexity index is 290. The number of carbonyl (C=O) groups is 1. The van der Waals surface area contributed by atoms with E-state index in [2.05, 4.69) is 10.3 Å². The number of aliphatic hydroxyl groups is 1. The molecular formula is C9H14N2O2S. The van der Waals surface area contributed by atoms with Crippen LogP contribution >= 0.6 is 11.3 Å². The maximum absolute atomic E-state index is 11.2. The number of rotatable bonds is 4. The summed E-state index contributed by atoms with van der Waals surface area (Å²) in [6.07, 6.45) is 2.44. The zero-order valence-electron chi connectivity index (χ0n) is 8.28. The van der Waals surface area contributed by atoms with Gasteiger partial charge in [-0.3, -0.25) is 4.79 Å². The molecule has 0 fully saturated rings. The van der Waals surface area contributed by atoms with Crippen molar-refractivity contribution < 1.29 is 9.90 Å². The fourth-order valence-corrected chi connectivity index (χ4v) is 1.50. The van der Waals surface area contributed by atoms with Crippen molar-refractivity contribution in [2.45, 2.75) is 25.9 Å². The minimum absolute atomic E-state index is 0.353. The molecule has 0 unspecified atom stereocenters. The smallest absolute Gasteiger partial charge is 0.251 e. The van der Waals surface area contributed by atoms with Crippen LogP contribution in [0.25, 0.3) is 0 Å². The van der Waals surface area contributed by atoms with E-state index in [1.165, 1.54) is 13.8 Å². The third-order valence-corrected chi connectivity index (χ3v) is 2.50. The number of hydrogen-bond acceptors (Lipinski definition) is 4. The summed E-state index contributed by atoms with van der Waals surface area (Å²) in [6, 6.07) is 0. The maximum Gasteiger partial charge on any atom is 0.251 e. The Hall–Kier alpha value is -0.940. The molecule has 0 aromatic carbocycles. The highest BCUT2D eigenvalue weighted by molar-refractivity contribution is 7.09. The summed E-state index contributed by atoms with van der Waals surface area (Å²) >= 11 is 1.56. The van der Waals surface area contributed by atoms with Crippen LogP contribution in [0, 0.1) is 0 Å². The van der Waals surface area contributed by atoms with E-state index in [1.54, 1.807) is 17.5 Å². The fraction of sp³-hybridized carbons (Fsp3) is 0.556. The normalized spacial score (nSPS) is 11.4. The number of thiazole rings is 1. The van der Waals surface area contributed by atoms with Gasteiger partial charge >= 0.3 is 0 Å². The number of hydrogen-bond donors (Lipinski definition) is 2. The van der Waals surface area contributed by atoms with Gasteiger partial charge in [0.1, 0.15) is 5.60 Å². The molecule has 0 spiro atoms. The molecule has 0 saturated carbocycles. The molecule has 0 radical (unpaired) electrons. The molecule has 2 N–H and O–H groups in total. The topological polar surface area (TPSA) is 62.2 Å². The van der Waals surface area contributed by atoms with Gasteiger partial charge in [0.15, 0.2) is 0 Å². The molecule has 0 atom stereocenters. The number of carbonyl (C=O) groups excluding carboxylic acids is 1. The lowest BCUT2D eigenvalue weighted by atomic mass is 10.1. The van der Waals surface area contributed by atoms with Crippen LogP contribution < -0.4 is 5.32 Å². The lowest BCUT2D eigenvalue weighted by molar-refractivity contribution is -0.136. The first-order valence-corrected chi connectivity index (χ1v) is 5.27. The first-order valence-electron chi connectivity index (χ1n) is 4.39. The van der Waals surface area contributed by atoms with Gasteiger partial charge in [-0.05, 0) is 13.8 Å². The minimum Gasteiger partial charge on any atom is -0.381 e. The molecule has 1 rings (SSSR count). The van der Waals surface area contributed by atoms with E-state index in [-0.39, 0.29) is 5.91 Å². The van der Waals surface area contributed by atoms with Gasteiger partial charge in [0.05, 0.1) is 5.01 Å². The molecule has 0 aliphatic heterocycles. The van der Waals surface area contributed by atoms with Gasteiger partial charge in [-0.25, -0.2) is 4.98 Å². The molecular weight excluding hydrogens is 200 g/mol. The summed E-state index contributed by atoms with van der Waals surface area (Å²) in [5, 5.41) is 14.8. The summed E-state index contributed by atoms with van der Waals surface area (Å²) in [5.41, 5.74) is -1.30. The molecule has 1 aromatic heterocycles. The maximum atomic E-state index is 11.2. The highest BCUT2D eigenvalue weighted by atomic mass is 32.1. The average molecular weight is 214 g/mol. The summed E-state index contributed by atoms with van der Waals surface area (Å²) in [6.45, 7) is 3.44. The van der Waals surface area contributed by atoms with E-state index in [0.717, 1.165) is 5.01 Å². The Morgan fingerprint density at radius 2 is 2.43 bits per heavy atom. The van der Waals surface area contributed by atoms with E-state index < -0.39 is 5.60 Å². The molecule has 0 aliphatic carbocycles. The monoisotopic (exact) mass is 214 g/mol. The number of amides is 1. The van der Waals surface area contributed by atoms with Gasteiger partial charge in [-0.2, -0.15) is 0 Å². The molecule has 0 saturated heterocycles. The van der Waals surface area contributed by atoms with Crippen molar-refractivity contribution in [3.05, 3.63) is 16.6 Å². The molecule has 1 amide bonds. The average Bonchev–Trinajstić information content (AvgIpc) is 2.55. The Morgan fingerprint density at radius 1 is 1.71 bits per heavy atom. The van der Waals surface area contributed by atoms with E-state index in [1.807, 2.05) is 5.38 Å². The van der Waals surface area contributed by atoms with Crippen LogP contribution in [-0.4, -0.2) is 28.1 Å². The molecule has 0 bridgehead atoms. The van der Waals surface area contributed by atoms with Gasteiger partial charge in [-0.1, -0.05) is 0 Å². The second-order valence-corrected chi connectivity index (χ2v) is 4.47.